The van der Waals surface area contributed by atoms with Crippen molar-refractivity contribution in [2.24, 2.45) is 0 Å². The molecule has 5 heteroatoms. The second-order valence-electron chi connectivity index (χ2n) is 6.11. The summed E-state index contributed by atoms with van der Waals surface area (Å²) in [5, 5.41) is 17.5. The van der Waals surface area contributed by atoms with Crippen molar-refractivity contribution >= 4 is 5.97 Å². The fraction of sp³-hybridized carbons (Fsp3) is 0.833. The van der Waals surface area contributed by atoms with Gasteiger partial charge in [-0.2, -0.15) is 8.78 Å². The summed E-state index contributed by atoms with van der Waals surface area (Å²) in [7, 11) is 0. The molecule has 0 bridgehead atoms. The van der Waals surface area contributed by atoms with Crippen LogP contribution in [-0.2, 0) is 4.79 Å². The third-order valence-electron chi connectivity index (χ3n) is 3.94. The van der Waals surface area contributed by atoms with Gasteiger partial charge in [-0.3, -0.25) is 0 Å². The van der Waals surface area contributed by atoms with E-state index in [9.17, 15) is 18.7 Å². The molecule has 0 aromatic carbocycles. The maximum atomic E-state index is 12.9. The van der Waals surface area contributed by atoms with Gasteiger partial charge in [0.2, 0.25) is 0 Å². The van der Waals surface area contributed by atoms with Gasteiger partial charge < -0.3 is 10.2 Å². The third-order valence-corrected chi connectivity index (χ3v) is 3.94. The van der Waals surface area contributed by atoms with Crippen LogP contribution < -0.4 is 0 Å². The van der Waals surface area contributed by atoms with E-state index >= 15 is 0 Å². The highest BCUT2D eigenvalue weighted by Crippen LogP contribution is 2.23. The van der Waals surface area contributed by atoms with Crippen LogP contribution in [0.25, 0.3) is 0 Å². The second-order valence-corrected chi connectivity index (χ2v) is 6.11. The standard InChI is InChI=1S/C18H32F2O3/c1-2-3-4-5-6-7-8-9-10-11-12-13-14-15-16(21)18(19,20)17(22)23/h5-6,16,21H,2-4,7-15H2,1H3,(H,22,23)/b6-5-. The monoisotopic (exact) mass is 334 g/mol. The lowest BCUT2D eigenvalue weighted by Gasteiger charge is -2.17. The molecule has 0 aliphatic carbocycles. The summed E-state index contributed by atoms with van der Waals surface area (Å²) in [6.45, 7) is 2.19. The molecule has 0 radical (unpaired) electrons. The van der Waals surface area contributed by atoms with Gasteiger partial charge in [0.15, 0.2) is 0 Å². The van der Waals surface area contributed by atoms with Crippen LogP contribution in [0.1, 0.15) is 84.0 Å². The van der Waals surface area contributed by atoms with E-state index < -0.39 is 18.0 Å². The highest BCUT2D eigenvalue weighted by molar-refractivity contribution is 5.76. The van der Waals surface area contributed by atoms with Crippen LogP contribution in [0.5, 0.6) is 0 Å². The molecule has 0 heterocycles. The summed E-state index contributed by atoms with van der Waals surface area (Å²) in [5.74, 6) is -6.29. The zero-order chi connectivity index (χ0) is 17.6. The van der Waals surface area contributed by atoms with E-state index in [0.29, 0.717) is 6.42 Å². The van der Waals surface area contributed by atoms with Crippen molar-refractivity contribution in [2.45, 2.75) is 96.0 Å². The molecule has 0 amide bonds. The number of halogens is 2. The average Bonchev–Trinajstić information content (AvgIpc) is 2.51. The first-order chi connectivity index (χ1) is 10.9. The molecule has 0 spiro atoms. The maximum absolute atomic E-state index is 12.9. The Labute approximate surface area is 138 Å². The number of allylic oxidation sites excluding steroid dienone is 2. The largest absolute Gasteiger partial charge is 0.477 e. The van der Waals surface area contributed by atoms with Gasteiger partial charge in [0.05, 0.1) is 0 Å². The van der Waals surface area contributed by atoms with Gasteiger partial charge in [0.25, 0.3) is 0 Å². The van der Waals surface area contributed by atoms with Crippen LogP contribution in [0.3, 0.4) is 0 Å². The molecule has 0 aromatic heterocycles. The summed E-state index contributed by atoms with van der Waals surface area (Å²) < 4.78 is 25.9. The number of carboxylic acid groups (broad SMARTS) is 1. The SMILES string of the molecule is CCCC/C=C\CCCCCCCCCC(O)C(F)(F)C(=O)O. The average molecular weight is 334 g/mol. The molecule has 23 heavy (non-hydrogen) atoms. The summed E-state index contributed by atoms with van der Waals surface area (Å²) in [4.78, 5) is 10.3. The predicted octanol–water partition coefficient (Wildman–Crippen LogP) is 5.32. The van der Waals surface area contributed by atoms with Gasteiger partial charge in [-0.25, -0.2) is 4.79 Å². The molecule has 0 saturated heterocycles. The van der Waals surface area contributed by atoms with Crippen LogP contribution in [0.4, 0.5) is 8.78 Å². The Morgan fingerprint density at radius 2 is 1.43 bits per heavy atom. The number of aliphatic carboxylic acids is 1. The number of carboxylic acids is 1. The van der Waals surface area contributed by atoms with Crippen LogP contribution in [0, 0.1) is 0 Å². The molecule has 0 rings (SSSR count). The fourth-order valence-electron chi connectivity index (χ4n) is 2.37. The molecule has 0 fully saturated rings. The van der Waals surface area contributed by atoms with Gasteiger partial charge >= 0.3 is 11.9 Å². The zero-order valence-electron chi connectivity index (χ0n) is 14.3. The van der Waals surface area contributed by atoms with E-state index in [2.05, 4.69) is 19.1 Å². The van der Waals surface area contributed by atoms with Gasteiger partial charge in [-0.05, 0) is 25.7 Å². The van der Waals surface area contributed by atoms with Crippen LogP contribution in [-0.4, -0.2) is 28.2 Å². The fourth-order valence-corrected chi connectivity index (χ4v) is 2.37. The van der Waals surface area contributed by atoms with Crippen LogP contribution in [0.2, 0.25) is 0 Å². The lowest BCUT2D eigenvalue weighted by Crippen LogP contribution is -2.41. The number of aliphatic hydroxyl groups excluding tert-OH is 1. The third kappa shape index (κ3) is 11.2. The molecule has 136 valence electrons. The van der Waals surface area contributed by atoms with E-state index in [-0.39, 0.29) is 6.42 Å². The number of unbranched alkanes of at least 4 members (excludes halogenated alkanes) is 9. The zero-order valence-corrected chi connectivity index (χ0v) is 14.3. The number of carbonyl (C=O) groups is 1. The van der Waals surface area contributed by atoms with Gasteiger partial charge in [0.1, 0.15) is 6.10 Å². The highest BCUT2D eigenvalue weighted by atomic mass is 19.3. The summed E-state index contributed by atoms with van der Waals surface area (Å²) >= 11 is 0. The van der Waals surface area contributed by atoms with E-state index in [1.165, 1.54) is 32.1 Å². The molecule has 1 unspecified atom stereocenters. The minimum Gasteiger partial charge on any atom is -0.477 e. The quantitative estimate of drug-likeness (QED) is 0.314. The minimum atomic E-state index is -4.04. The Morgan fingerprint density at radius 1 is 0.957 bits per heavy atom. The van der Waals surface area contributed by atoms with Crippen LogP contribution >= 0.6 is 0 Å². The molecule has 0 aliphatic rings. The highest BCUT2D eigenvalue weighted by Gasteiger charge is 2.46. The lowest BCUT2D eigenvalue weighted by atomic mass is 10.0. The summed E-state index contributed by atoms with van der Waals surface area (Å²) in [6, 6.07) is 0. The van der Waals surface area contributed by atoms with Crippen molar-refractivity contribution < 1.29 is 23.8 Å². The second kappa shape index (κ2) is 13.5. The summed E-state index contributed by atoms with van der Waals surface area (Å²) in [5.41, 5.74) is 0. The number of hydrogen-bond donors (Lipinski definition) is 2. The van der Waals surface area contributed by atoms with Crippen molar-refractivity contribution in [2.75, 3.05) is 0 Å². The summed E-state index contributed by atoms with van der Waals surface area (Å²) in [6.07, 6.45) is 13.7. The first-order valence-electron chi connectivity index (χ1n) is 8.87. The number of rotatable bonds is 15. The Morgan fingerprint density at radius 3 is 1.96 bits per heavy atom. The molecular weight excluding hydrogens is 302 g/mol. The molecule has 0 aromatic rings. The van der Waals surface area contributed by atoms with Gasteiger partial charge in [-0.15, -0.1) is 0 Å². The van der Waals surface area contributed by atoms with E-state index in [0.717, 1.165) is 32.1 Å². The number of hydrogen-bond acceptors (Lipinski definition) is 2. The maximum Gasteiger partial charge on any atom is 0.377 e. The van der Waals surface area contributed by atoms with Gasteiger partial charge in [0, 0.05) is 0 Å². The smallest absolute Gasteiger partial charge is 0.377 e. The van der Waals surface area contributed by atoms with Gasteiger partial charge in [-0.1, -0.05) is 70.4 Å². The molecule has 0 saturated carbocycles. The Hall–Kier alpha value is -0.970. The van der Waals surface area contributed by atoms with Crippen molar-refractivity contribution in [3.8, 4) is 0 Å². The predicted molar refractivity (Wildman–Crippen MR) is 88.8 cm³/mol. The van der Waals surface area contributed by atoms with Crippen molar-refractivity contribution in [3.63, 3.8) is 0 Å². The number of aliphatic hydroxyl groups is 1. The lowest BCUT2D eigenvalue weighted by molar-refractivity contribution is -0.182. The van der Waals surface area contributed by atoms with Crippen LogP contribution in [0.15, 0.2) is 12.2 Å². The normalized spacial score (nSPS) is 13.6. The minimum absolute atomic E-state index is 0.165. The first kappa shape index (κ1) is 22.0. The van der Waals surface area contributed by atoms with Crippen molar-refractivity contribution in [1.82, 2.24) is 0 Å². The Bertz CT molecular complexity index is 330. The van der Waals surface area contributed by atoms with E-state index in [1.54, 1.807) is 0 Å². The molecular formula is C18H32F2O3. The molecule has 1 atom stereocenters. The first-order valence-corrected chi connectivity index (χ1v) is 8.87. The molecule has 0 aliphatic heterocycles. The van der Waals surface area contributed by atoms with Crippen molar-refractivity contribution in [1.29, 1.82) is 0 Å². The van der Waals surface area contributed by atoms with E-state index in [4.69, 9.17) is 5.11 Å². The molecule has 3 nitrogen and oxygen atoms in total. The Balaban J connectivity index is 3.40. The van der Waals surface area contributed by atoms with E-state index in [1.807, 2.05) is 0 Å². The topological polar surface area (TPSA) is 57.5 Å². The number of alkyl halides is 2. The molecule has 2 N–H and O–H groups in total. The Kier molecular flexibility index (Phi) is 12.9. The van der Waals surface area contributed by atoms with Crippen molar-refractivity contribution in [3.05, 3.63) is 12.2 Å².